The molecule has 6 aromatic rings. The topological polar surface area (TPSA) is 230 Å². The van der Waals surface area contributed by atoms with E-state index < -0.39 is 113 Å². The highest BCUT2D eigenvalue weighted by atomic mass is 32.2. The molecular formula is C52H54F6N8O6S2. The van der Waals surface area contributed by atoms with Gasteiger partial charge in [0, 0.05) is 61.8 Å². The molecule has 22 heteroatoms. The summed E-state index contributed by atoms with van der Waals surface area (Å²) in [6, 6.07) is 12.5. The van der Waals surface area contributed by atoms with E-state index in [9.17, 15) is 52.8 Å². The number of hydrogen-bond acceptors (Lipinski definition) is 12. The maximum atomic E-state index is 14.4. The number of carbonyl (C=O) groups excluding carboxylic acids is 2. The summed E-state index contributed by atoms with van der Waals surface area (Å²) in [4.78, 5) is 42.5. The molecule has 8 rings (SSSR count). The Bertz CT molecular complexity index is 3020. The normalized spacial score (nSPS) is 22.1. The average molecular weight is 1070 g/mol. The van der Waals surface area contributed by atoms with Crippen LogP contribution in [0, 0.1) is 46.7 Å². The summed E-state index contributed by atoms with van der Waals surface area (Å²) in [5.41, 5.74) is 12.9. The Morgan fingerprint density at radius 1 is 0.541 bits per heavy atom. The van der Waals surface area contributed by atoms with Gasteiger partial charge in [-0.15, -0.1) is 0 Å². The van der Waals surface area contributed by atoms with E-state index in [1.165, 1.54) is 12.1 Å². The van der Waals surface area contributed by atoms with Crippen molar-refractivity contribution in [2.75, 3.05) is 12.5 Å². The highest BCUT2D eigenvalue weighted by molar-refractivity contribution is 7.89. The minimum Gasteiger partial charge on any atom is -0.326 e. The maximum Gasteiger partial charge on any atom is 0.209 e. The van der Waals surface area contributed by atoms with Crippen LogP contribution >= 0.6 is 0 Å². The average Bonchev–Trinajstić information content (AvgIpc) is 3.32. The molecule has 0 spiro atoms. The first-order valence-electron chi connectivity index (χ1n) is 23.5. The third kappa shape index (κ3) is 13.3. The standard InChI is InChI=1S/2C26H27F3N4O3S/c2*1-14-10-15(11-21(30)25(14)33-37(2,35)36)17-8-9-31-13-16(17)12-23(34)22-7-6-20(29)26(32-22)24-18(27)4-3-5-19(24)28/h2*3-9,13-15,21,25,33H,10-12,30H2,1-2H3/t2*14-,15+,21+,25+/m10/s1. The van der Waals surface area contributed by atoms with Crippen molar-refractivity contribution in [1.29, 1.82) is 0 Å². The lowest BCUT2D eigenvalue weighted by Gasteiger charge is -2.39. The maximum absolute atomic E-state index is 14.4. The van der Waals surface area contributed by atoms with E-state index in [0.29, 0.717) is 36.8 Å². The number of carbonyl (C=O) groups is 2. The molecular weight excluding hydrogens is 1010 g/mol. The van der Waals surface area contributed by atoms with Crippen LogP contribution in [0.2, 0.25) is 0 Å². The van der Waals surface area contributed by atoms with Crippen LogP contribution in [0.25, 0.3) is 22.5 Å². The van der Waals surface area contributed by atoms with Crippen LogP contribution in [-0.4, -0.2) is 85.0 Å². The number of nitrogens with zero attached hydrogens (tertiary/aromatic N) is 4. The molecule has 392 valence electrons. The van der Waals surface area contributed by atoms with Gasteiger partial charge in [0.05, 0.1) is 23.6 Å². The fourth-order valence-electron chi connectivity index (χ4n) is 10.1. The van der Waals surface area contributed by atoms with E-state index in [2.05, 4.69) is 29.4 Å². The molecule has 0 bridgehead atoms. The zero-order valence-corrected chi connectivity index (χ0v) is 42.2. The van der Waals surface area contributed by atoms with Gasteiger partial charge in [0.1, 0.15) is 57.7 Å². The van der Waals surface area contributed by atoms with E-state index in [4.69, 9.17) is 11.5 Å². The number of Topliss-reactive ketones (excluding diaryl/α,β-unsaturated/α-hetero) is 2. The SMILES string of the molecule is C[C@@H]1C[C@H](c2ccncc2CC(=O)c2ccc(F)c(-c3c(F)cccc3F)n2)C[C@H](N)[C@H]1NS(C)(=O)=O.C[C@H]1C[C@@H](c2ccncc2CC(=O)c2ccc(F)c(-c3c(F)cccc3F)n2)C[C@@H](N)[C@@H]1NS(C)(=O)=O. The number of hydrogen-bond donors (Lipinski definition) is 4. The fraction of sp³-hybridized carbons (Fsp3) is 0.346. The molecule has 4 aromatic heterocycles. The van der Waals surface area contributed by atoms with Crippen molar-refractivity contribution in [3.8, 4) is 22.5 Å². The number of nitrogens with one attached hydrogen (secondary N) is 2. The lowest BCUT2D eigenvalue weighted by atomic mass is 9.73. The van der Waals surface area contributed by atoms with E-state index in [-0.39, 0.29) is 47.9 Å². The first kappa shape index (κ1) is 55.5. The molecule has 0 unspecified atom stereocenters. The Labute approximate surface area is 425 Å². The number of ketones is 2. The lowest BCUT2D eigenvalue weighted by molar-refractivity contribution is 0.0979. The number of pyridine rings is 4. The van der Waals surface area contributed by atoms with E-state index in [0.717, 1.165) is 72.2 Å². The van der Waals surface area contributed by atoms with Crippen molar-refractivity contribution in [1.82, 2.24) is 29.4 Å². The summed E-state index contributed by atoms with van der Waals surface area (Å²) < 4.78 is 138. The molecule has 2 aliphatic rings. The molecule has 2 saturated carbocycles. The van der Waals surface area contributed by atoms with Crippen LogP contribution in [0.5, 0.6) is 0 Å². The molecule has 4 heterocycles. The Hall–Kier alpha value is -6.30. The number of halogens is 6. The van der Waals surface area contributed by atoms with Gasteiger partial charge in [0.2, 0.25) is 20.0 Å². The summed E-state index contributed by atoms with van der Waals surface area (Å²) in [7, 11) is -6.85. The summed E-state index contributed by atoms with van der Waals surface area (Å²) in [6.45, 7) is 3.85. The van der Waals surface area contributed by atoms with Crippen LogP contribution < -0.4 is 20.9 Å². The van der Waals surface area contributed by atoms with Crippen LogP contribution in [0.3, 0.4) is 0 Å². The quantitative estimate of drug-likeness (QED) is 0.0614. The zero-order chi connectivity index (χ0) is 53.8. The number of rotatable bonds is 14. The third-order valence-electron chi connectivity index (χ3n) is 13.4. The highest BCUT2D eigenvalue weighted by Crippen LogP contribution is 2.39. The monoisotopic (exact) mass is 1060 g/mol. The Balaban J connectivity index is 0.000000216. The van der Waals surface area contributed by atoms with Gasteiger partial charge in [-0.3, -0.25) is 19.6 Å². The van der Waals surface area contributed by atoms with E-state index in [1.807, 2.05) is 13.8 Å². The van der Waals surface area contributed by atoms with Gasteiger partial charge in [0.25, 0.3) is 0 Å². The molecule has 14 nitrogen and oxygen atoms in total. The summed E-state index contributed by atoms with van der Waals surface area (Å²) in [5, 5.41) is 0. The summed E-state index contributed by atoms with van der Waals surface area (Å²) >= 11 is 0. The first-order valence-corrected chi connectivity index (χ1v) is 27.3. The Morgan fingerprint density at radius 3 is 1.22 bits per heavy atom. The number of nitrogens with two attached hydrogens (primary N) is 2. The Kier molecular flexibility index (Phi) is 17.3. The molecule has 2 fully saturated rings. The third-order valence-corrected chi connectivity index (χ3v) is 14.8. The first-order chi connectivity index (χ1) is 34.9. The molecule has 0 amide bonds. The molecule has 2 aromatic carbocycles. The molecule has 8 atom stereocenters. The second-order valence-electron chi connectivity index (χ2n) is 19.0. The smallest absolute Gasteiger partial charge is 0.209 e. The number of benzene rings is 2. The van der Waals surface area contributed by atoms with Crippen LogP contribution in [-0.2, 0) is 32.9 Å². The van der Waals surface area contributed by atoms with E-state index >= 15 is 0 Å². The molecule has 74 heavy (non-hydrogen) atoms. The van der Waals surface area contributed by atoms with E-state index in [1.54, 1.807) is 36.9 Å². The molecule has 0 aliphatic heterocycles. The second-order valence-corrected chi connectivity index (χ2v) is 22.6. The van der Waals surface area contributed by atoms with Gasteiger partial charge in [-0.05, 0) is 132 Å². The Morgan fingerprint density at radius 2 is 0.892 bits per heavy atom. The van der Waals surface area contributed by atoms with Crippen molar-refractivity contribution in [3.05, 3.63) is 166 Å². The van der Waals surface area contributed by atoms with Gasteiger partial charge >= 0.3 is 0 Å². The van der Waals surface area contributed by atoms with Crippen molar-refractivity contribution in [3.63, 3.8) is 0 Å². The van der Waals surface area contributed by atoms with Crippen LogP contribution in [0.4, 0.5) is 26.3 Å². The predicted octanol–water partition coefficient (Wildman–Crippen LogP) is 7.49. The van der Waals surface area contributed by atoms with Crippen LogP contribution in [0.1, 0.15) is 94.6 Å². The molecule has 2 aliphatic carbocycles. The van der Waals surface area contributed by atoms with Crippen molar-refractivity contribution in [2.45, 2.75) is 88.4 Å². The van der Waals surface area contributed by atoms with Gasteiger partial charge in [-0.25, -0.2) is 62.6 Å². The minimum absolute atomic E-state index is 0.0438. The summed E-state index contributed by atoms with van der Waals surface area (Å²) in [6.07, 6.45) is 10.6. The number of aromatic nitrogens is 4. The van der Waals surface area contributed by atoms with Crippen molar-refractivity contribution < 1.29 is 52.8 Å². The zero-order valence-electron chi connectivity index (χ0n) is 40.6. The molecule has 0 saturated heterocycles. The summed E-state index contributed by atoms with van der Waals surface area (Å²) in [5.74, 6) is -7.02. The second kappa shape index (κ2) is 23.1. The van der Waals surface area contributed by atoms with Crippen molar-refractivity contribution in [2.24, 2.45) is 23.3 Å². The molecule has 6 N–H and O–H groups in total. The highest BCUT2D eigenvalue weighted by Gasteiger charge is 2.38. The fourth-order valence-corrected chi connectivity index (χ4v) is 11.9. The largest absolute Gasteiger partial charge is 0.326 e. The molecule has 0 radical (unpaired) electrons. The number of sulfonamides is 2. The van der Waals surface area contributed by atoms with Gasteiger partial charge in [-0.2, -0.15) is 0 Å². The van der Waals surface area contributed by atoms with Gasteiger partial charge in [-0.1, -0.05) is 26.0 Å². The predicted molar refractivity (Wildman–Crippen MR) is 265 cm³/mol. The lowest BCUT2D eigenvalue weighted by Crippen LogP contribution is -2.54. The van der Waals surface area contributed by atoms with Gasteiger partial charge < -0.3 is 11.5 Å². The van der Waals surface area contributed by atoms with Gasteiger partial charge in [0.15, 0.2) is 11.6 Å². The van der Waals surface area contributed by atoms with Crippen LogP contribution in [0.15, 0.2) is 97.6 Å². The van der Waals surface area contributed by atoms with Crippen molar-refractivity contribution >= 4 is 31.6 Å². The minimum atomic E-state index is -3.42.